The second-order valence-corrected chi connectivity index (χ2v) is 15.1. The summed E-state index contributed by atoms with van der Waals surface area (Å²) in [6, 6.07) is 20.6. The molecule has 2 aromatic carbocycles. The third-order valence-corrected chi connectivity index (χ3v) is 10.3. The molecule has 0 bridgehead atoms. The van der Waals surface area contributed by atoms with Crippen molar-refractivity contribution < 1.29 is 10.2 Å². The molecule has 1 fully saturated rings. The molecule has 0 radical (unpaired) electrons. The van der Waals surface area contributed by atoms with Crippen molar-refractivity contribution in [1.29, 1.82) is 0 Å². The van der Waals surface area contributed by atoms with Crippen LogP contribution in [0.4, 0.5) is 0 Å². The Morgan fingerprint density at radius 1 is 0.860 bits per heavy atom. The predicted molar refractivity (Wildman–Crippen MR) is 224 cm³/mol. The normalized spacial score (nSPS) is 13.8. The molecule has 10 nitrogen and oxygen atoms in total. The number of aryl methyl sites for hydroxylation is 4. The lowest BCUT2D eigenvalue weighted by molar-refractivity contribution is 0.0240. The van der Waals surface area contributed by atoms with Crippen LogP contribution in [0.15, 0.2) is 117 Å². The summed E-state index contributed by atoms with van der Waals surface area (Å²) < 4.78 is 7.55. The van der Waals surface area contributed by atoms with Gasteiger partial charge in [-0.1, -0.05) is 84.9 Å². The summed E-state index contributed by atoms with van der Waals surface area (Å²) in [7, 11) is 1.91. The third kappa shape index (κ3) is 7.87. The lowest BCUT2D eigenvalue weighted by atomic mass is 9.81. The first-order valence-corrected chi connectivity index (χ1v) is 19.1. The highest BCUT2D eigenvalue weighted by Crippen LogP contribution is 2.34. The summed E-state index contributed by atoms with van der Waals surface area (Å²) in [6.45, 7) is 10.5. The van der Waals surface area contributed by atoms with Gasteiger partial charge >= 0.3 is 0 Å². The van der Waals surface area contributed by atoms with Crippen molar-refractivity contribution in [1.82, 2.24) is 39.0 Å². The molecule has 57 heavy (non-hydrogen) atoms. The fourth-order valence-electron chi connectivity index (χ4n) is 7.10. The highest BCUT2D eigenvalue weighted by Gasteiger charge is 2.32. The zero-order chi connectivity index (χ0) is 39.7. The van der Waals surface area contributed by atoms with Crippen molar-refractivity contribution in [3.8, 4) is 68.2 Å². The number of rotatable bonds is 9. The van der Waals surface area contributed by atoms with Crippen LogP contribution in [0.5, 0.6) is 0 Å². The van der Waals surface area contributed by atoms with Gasteiger partial charge < -0.3 is 10.2 Å². The maximum atomic E-state index is 10.9. The first kappa shape index (κ1) is 37.2. The molecular weight excluding hydrogens is 709 g/mol. The van der Waals surface area contributed by atoms with Crippen molar-refractivity contribution in [2.75, 3.05) is 0 Å². The molecule has 7 aromatic rings. The molecule has 0 unspecified atom stereocenters. The molecular formula is C47H44N8O2. The van der Waals surface area contributed by atoms with Gasteiger partial charge in [0, 0.05) is 47.9 Å². The van der Waals surface area contributed by atoms with Crippen LogP contribution in [0.3, 0.4) is 0 Å². The minimum atomic E-state index is -1.10. The average molecular weight is 753 g/mol. The Morgan fingerprint density at radius 3 is 2.19 bits per heavy atom. The Morgan fingerprint density at radius 2 is 1.54 bits per heavy atom. The van der Waals surface area contributed by atoms with Gasteiger partial charge in [-0.05, 0) is 80.5 Å². The minimum Gasteiger partial charge on any atom is -0.378 e. The molecule has 10 heteroatoms. The van der Waals surface area contributed by atoms with Crippen molar-refractivity contribution in [3.05, 3.63) is 134 Å². The maximum absolute atomic E-state index is 10.9. The number of benzene rings is 2. The lowest BCUT2D eigenvalue weighted by Crippen LogP contribution is -2.34. The summed E-state index contributed by atoms with van der Waals surface area (Å²) in [4.78, 5) is 0. The monoisotopic (exact) mass is 752 g/mol. The van der Waals surface area contributed by atoms with E-state index in [0.717, 1.165) is 79.0 Å². The van der Waals surface area contributed by atoms with Gasteiger partial charge in [0.25, 0.3) is 0 Å². The Balaban J connectivity index is 1.07. The van der Waals surface area contributed by atoms with E-state index < -0.39 is 11.2 Å². The van der Waals surface area contributed by atoms with Gasteiger partial charge in [-0.25, -0.2) is 4.52 Å². The number of allylic oxidation sites excluding steroid dienone is 3. The molecule has 0 aliphatic heterocycles. The Kier molecular flexibility index (Phi) is 9.85. The molecule has 8 rings (SSSR count). The van der Waals surface area contributed by atoms with Crippen molar-refractivity contribution in [3.63, 3.8) is 0 Å². The first-order valence-electron chi connectivity index (χ1n) is 19.1. The number of nitrogens with zero attached hydrogens (tertiary/aromatic N) is 8. The Hall–Kier alpha value is -6.72. The predicted octanol–water partition coefficient (Wildman–Crippen LogP) is 7.75. The van der Waals surface area contributed by atoms with Gasteiger partial charge in [0.2, 0.25) is 0 Å². The molecule has 0 atom stereocenters. The first-order chi connectivity index (χ1) is 27.5. The molecule has 1 aliphatic carbocycles. The highest BCUT2D eigenvalue weighted by atomic mass is 16.3. The van der Waals surface area contributed by atoms with Crippen LogP contribution < -0.4 is 0 Å². The van der Waals surface area contributed by atoms with Crippen LogP contribution in [0.25, 0.3) is 55.6 Å². The molecule has 284 valence electrons. The van der Waals surface area contributed by atoms with E-state index in [4.69, 9.17) is 10.2 Å². The standard InChI is InChI=1S/C47H44N8O2/c1-6-9-38(20-24-47(57)21-8-22-47)44-41(35-13-11-34(12-14-35)40-28-48-52(5)31-40)30-50-55(44)27-26-53-32-43(33(2)51-53)37-17-15-36(16-18-37)42-29-49-54-25-7-10-39(45(42)54)19-23-46(3,4)56/h6-7,9-18,25,28-32,56-57H,1,8,21-22,26-27H2,2-5H3/b38-9-. The number of fused-ring (bicyclic) bond motifs is 1. The third-order valence-electron chi connectivity index (χ3n) is 10.3. The molecule has 5 heterocycles. The molecule has 1 saturated carbocycles. The van der Waals surface area contributed by atoms with Gasteiger partial charge in [0.1, 0.15) is 11.2 Å². The summed E-state index contributed by atoms with van der Waals surface area (Å²) in [5.41, 5.74) is 10.3. The van der Waals surface area contributed by atoms with Gasteiger partial charge in [-0.2, -0.15) is 20.4 Å². The van der Waals surface area contributed by atoms with Gasteiger partial charge in [0.15, 0.2) is 0 Å². The van der Waals surface area contributed by atoms with Crippen molar-refractivity contribution >= 4 is 11.1 Å². The van der Waals surface area contributed by atoms with E-state index in [1.54, 1.807) is 24.6 Å². The molecule has 2 N–H and O–H groups in total. The number of hydrogen-bond acceptors (Lipinski definition) is 6. The van der Waals surface area contributed by atoms with Crippen molar-refractivity contribution in [2.45, 2.75) is 64.3 Å². The molecule has 0 saturated heterocycles. The highest BCUT2D eigenvalue weighted by molar-refractivity contribution is 5.88. The fourth-order valence-corrected chi connectivity index (χ4v) is 7.10. The van der Waals surface area contributed by atoms with Crippen molar-refractivity contribution in [2.24, 2.45) is 7.05 Å². The van der Waals surface area contributed by atoms with E-state index in [1.165, 1.54) is 0 Å². The van der Waals surface area contributed by atoms with Crippen LogP contribution in [0.2, 0.25) is 0 Å². The van der Waals surface area contributed by atoms with Crippen LogP contribution in [0, 0.1) is 30.6 Å². The van der Waals surface area contributed by atoms with Gasteiger partial charge in [-0.3, -0.25) is 14.0 Å². The summed E-state index contributed by atoms with van der Waals surface area (Å²) in [6.07, 6.45) is 17.5. The molecule has 0 amide bonds. The SMILES string of the molecule is C=C/C=C(/C#CC1(O)CCC1)c1c(-c2ccc(-c3cnn(C)c3)cc2)cnn1CCn1cc(-c2ccc(-c3cnn4cccc(C#CC(C)(C)O)c34)cc2)c(C)n1. The molecule has 5 aromatic heterocycles. The number of aromatic nitrogens is 8. The van der Waals surface area contributed by atoms with E-state index in [-0.39, 0.29) is 0 Å². The topological polar surface area (TPSA) is 111 Å². The Bertz CT molecular complexity index is 2760. The average Bonchev–Trinajstić information content (AvgIpc) is 4.00. The van der Waals surface area contributed by atoms with Gasteiger partial charge in [-0.15, -0.1) is 0 Å². The zero-order valence-corrected chi connectivity index (χ0v) is 32.6. The summed E-state index contributed by atoms with van der Waals surface area (Å²) in [5, 5.41) is 39.7. The van der Waals surface area contributed by atoms with Crippen LogP contribution in [0.1, 0.15) is 50.1 Å². The second kappa shape index (κ2) is 15.1. The summed E-state index contributed by atoms with van der Waals surface area (Å²) in [5.74, 6) is 12.5. The van der Waals surface area contributed by atoms with E-state index in [9.17, 15) is 10.2 Å². The Labute approximate surface area is 332 Å². The minimum absolute atomic E-state index is 0.538. The number of pyridine rings is 1. The fraction of sp³-hybridized carbons (Fsp3) is 0.234. The van der Waals surface area contributed by atoms with Crippen LogP contribution in [-0.2, 0) is 20.1 Å². The molecule has 1 aliphatic rings. The maximum Gasteiger partial charge on any atom is 0.125 e. The lowest BCUT2D eigenvalue weighted by Gasteiger charge is -2.31. The van der Waals surface area contributed by atoms with Crippen LogP contribution >= 0.6 is 0 Å². The van der Waals surface area contributed by atoms with E-state index in [2.05, 4.69) is 95.2 Å². The zero-order valence-electron chi connectivity index (χ0n) is 32.6. The molecule has 0 spiro atoms. The number of aliphatic hydroxyl groups is 2. The van der Waals surface area contributed by atoms with Gasteiger partial charge in [0.05, 0.1) is 59.7 Å². The quantitative estimate of drug-likeness (QED) is 0.115. The van der Waals surface area contributed by atoms with E-state index >= 15 is 0 Å². The summed E-state index contributed by atoms with van der Waals surface area (Å²) >= 11 is 0. The number of hydrogen-bond donors (Lipinski definition) is 2. The van der Waals surface area contributed by atoms with E-state index in [1.807, 2.05) is 77.0 Å². The largest absolute Gasteiger partial charge is 0.378 e. The van der Waals surface area contributed by atoms with Crippen LogP contribution in [-0.4, -0.2) is 60.4 Å². The second-order valence-electron chi connectivity index (χ2n) is 15.1. The smallest absolute Gasteiger partial charge is 0.125 e. The van der Waals surface area contributed by atoms with E-state index in [0.29, 0.717) is 25.9 Å².